The summed E-state index contributed by atoms with van der Waals surface area (Å²) in [6.45, 7) is 7.11. The minimum atomic E-state index is -0.988. The lowest BCUT2D eigenvalue weighted by Crippen LogP contribution is -2.29. The van der Waals surface area contributed by atoms with Crippen molar-refractivity contribution in [2.45, 2.75) is 32.0 Å². The smallest absolute Gasteiger partial charge is 0.523 e. The van der Waals surface area contributed by atoms with Crippen molar-refractivity contribution in [3.05, 3.63) is 24.3 Å². The standard InChI is InChI=1S/C11H17BO2Si/c1-15(2,3)9-8-12-13-10-6-4-5-7-11(10)14-12/h4-7H,8-9H2,1-3H3. The van der Waals surface area contributed by atoms with Gasteiger partial charge >= 0.3 is 7.12 Å². The lowest BCUT2D eigenvalue weighted by molar-refractivity contribution is 0.499. The predicted molar refractivity (Wildman–Crippen MR) is 66.4 cm³/mol. The van der Waals surface area contributed by atoms with Crippen LogP contribution in [-0.4, -0.2) is 15.2 Å². The molecule has 2 nitrogen and oxygen atoms in total. The largest absolute Gasteiger partial charge is 0.594 e. The molecule has 0 fully saturated rings. The van der Waals surface area contributed by atoms with Gasteiger partial charge in [-0.05, 0) is 12.1 Å². The van der Waals surface area contributed by atoms with E-state index in [2.05, 4.69) is 19.6 Å². The topological polar surface area (TPSA) is 18.5 Å². The van der Waals surface area contributed by atoms with Gasteiger partial charge in [0.25, 0.3) is 0 Å². The van der Waals surface area contributed by atoms with Gasteiger partial charge in [-0.2, -0.15) is 0 Å². The highest BCUT2D eigenvalue weighted by Crippen LogP contribution is 2.34. The molecule has 2 rings (SSSR count). The predicted octanol–water partition coefficient (Wildman–Crippen LogP) is 3.28. The molecular weight excluding hydrogens is 203 g/mol. The van der Waals surface area contributed by atoms with Gasteiger partial charge in [0.2, 0.25) is 0 Å². The monoisotopic (exact) mass is 220 g/mol. The fourth-order valence-corrected chi connectivity index (χ4v) is 2.72. The molecule has 0 spiro atoms. The van der Waals surface area contributed by atoms with Crippen molar-refractivity contribution in [1.29, 1.82) is 0 Å². The Morgan fingerprint density at radius 3 is 2.07 bits per heavy atom. The summed E-state index contributed by atoms with van der Waals surface area (Å²) in [5.41, 5.74) is 0. The Labute approximate surface area is 92.8 Å². The van der Waals surface area contributed by atoms with Gasteiger partial charge in [-0.15, -0.1) is 0 Å². The molecule has 15 heavy (non-hydrogen) atoms. The molecule has 1 heterocycles. The molecule has 1 aliphatic heterocycles. The Morgan fingerprint density at radius 2 is 1.60 bits per heavy atom. The van der Waals surface area contributed by atoms with Crippen LogP contribution in [0.2, 0.25) is 32.0 Å². The molecular formula is C11H17BO2Si. The fourth-order valence-electron chi connectivity index (χ4n) is 1.62. The van der Waals surface area contributed by atoms with E-state index in [4.69, 9.17) is 9.31 Å². The molecule has 0 saturated carbocycles. The van der Waals surface area contributed by atoms with Crippen LogP contribution in [0.5, 0.6) is 11.5 Å². The molecule has 1 aliphatic rings. The highest BCUT2D eigenvalue weighted by molar-refractivity contribution is 6.77. The minimum absolute atomic E-state index is 0.0610. The molecule has 0 aliphatic carbocycles. The Bertz CT molecular complexity index is 324. The zero-order valence-corrected chi connectivity index (χ0v) is 10.6. The number of benzene rings is 1. The van der Waals surface area contributed by atoms with Crippen molar-refractivity contribution in [3.63, 3.8) is 0 Å². The van der Waals surface area contributed by atoms with Crippen molar-refractivity contribution in [1.82, 2.24) is 0 Å². The molecule has 1 aromatic carbocycles. The average molecular weight is 220 g/mol. The first-order valence-corrected chi connectivity index (χ1v) is 9.18. The molecule has 0 saturated heterocycles. The van der Waals surface area contributed by atoms with E-state index in [-0.39, 0.29) is 7.12 Å². The Hall–Kier alpha value is -0.898. The van der Waals surface area contributed by atoms with Gasteiger partial charge < -0.3 is 9.31 Å². The molecule has 0 amide bonds. The van der Waals surface area contributed by atoms with E-state index >= 15 is 0 Å². The van der Waals surface area contributed by atoms with Crippen molar-refractivity contribution in [2.24, 2.45) is 0 Å². The van der Waals surface area contributed by atoms with E-state index in [0.717, 1.165) is 17.8 Å². The summed E-state index contributed by atoms with van der Waals surface area (Å²) in [6, 6.07) is 9.12. The van der Waals surface area contributed by atoms with E-state index in [9.17, 15) is 0 Å². The highest BCUT2D eigenvalue weighted by atomic mass is 28.3. The molecule has 0 aromatic heterocycles. The van der Waals surface area contributed by atoms with Gasteiger partial charge in [-0.25, -0.2) is 0 Å². The van der Waals surface area contributed by atoms with Gasteiger partial charge in [0.05, 0.1) is 0 Å². The van der Waals surface area contributed by atoms with Crippen LogP contribution in [0.3, 0.4) is 0 Å². The quantitative estimate of drug-likeness (QED) is 0.727. The summed E-state index contributed by atoms with van der Waals surface area (Å²) >= 11 is 0. The summed E-state index contributed by atoms with van der Waals surface area (Å²) in [6.07, 6.45) is 1.00. The molecule has 0 bridgehead atoms. The number of hydrogen-bond acceptors (Lipinski definition) is 2. The normalized spacial score (nSPS) is 14.5. The second-order valence-corrected chi connectivity index (χ2v) is 10.8. The summed E-state index contributed by atoms with van der Waals surface area (Å²) in [5.74, 6) is 1.77. The summed E-state index contributed by atoms with van der Waals surface area (Å²) in [4.78, 5) is 0. The van der Waals surface area contributed by atoms with Crippen molar-refractivity contribution >= 4 is 15.2 Å². The van der Waals surface area contributed by atoms with E-state index < -0.39 is 8.07 Å². The lowest BCUT2D eigenvalue weighted by atomic mass is 9.87. The number of rotatable bonds is 3. The summed E-state index contributed by atoms with van der Waals surface area (Å²) in [7, 11) is -1.05. The molecule has 0 atom stereocenters. The van der Waals surface area contributed by atoms with Gasteiger partial charge in [0, 0.05) is 14.4 Å². The maximum atomic E-state index is 5.70. The third kappa shape index (κ3) is 2.78. The highest BCUT2D eigenvalue weighted by Gasteiger charge is 2.32. The first kappa shape index (κ1) is 10.6. The Kier molecular flexibility index (Phi) is 2.78. The minimum Gasteiger partial charge on any atom is -0.523 e. The first-order chi connectivity index (χ1) is 7.04. The third-order valence-corrected chi connectivity index (χ3v) is 4.28. The second kappa shape index (κ2) is 3.93. The zero-order valence-electron chi connectivity index (χ0n) is 9.62. The fraction of sp³-hybridized carbons (Fsp3) is 0.455. The lowest BCUT2D eigenvalue weighted by Gasteiger charge is -2.15. The zero-order chi connectivity index (χ0) is 10.9. The Balaban J connectivity index is 1.91. The van der Waals surface area contributed by atoms with Crippen LogP contribution in [0.15, 0.2) is 24.3 Å². The van der Waals surface area contributed by atoms with E-state index in [0.29, 0.717) is 0 Å². The van der Waals surface area contributed by atoms with Crippen LogP contribution in [0.4, 0.5) is 0 Å². The molecule has 4 heteroatoms. The molecule has 0 radical (unpaired) electrons. The van der Waals surface area contributed by atoms with Crippen LogP contribution < -0.4 is 9.31 Å². The molecule has 0 unspecified atom stereocenters. The van der Waals surface area contributed by atoms with Crippen LogP contribution in [0, 0.1) is 0 Å². The van der Waals surface area contributed by atoms with Gasteiger partial charge in [0.15, 0.2) is 0 Å². The van der Waals surface area contributed by atoms with Crippen molar-refractivity contribution in [2.75, 3.05) is 0 Å². The SMILES string of the molecule is C[Si](C)(C)CCB1Oc2ccccc2O1. The maximum absolute atomic E-state index is 5.70. The summed E-state index contributed by atoms with van der Waals surface area (Å²) in [5, 5.41) is 0. The molecule has 0 N–H and O–H groups in total. The number of para-hydroxylation sites is 2. The Morgan fingerprint density at radius 1 is 1.07 bits per heavy atom. The van der Waals surface area contributed by atoms with Gasteiger partial charge in [-0.1, -0.05) is 37.8 Å². The first-order valence-electron chi connectivity index (χ1n) is 5.47. The second-order valence-electron chi connectivity index (χ2n) is 5.21. The van der Waals surface area contributed by atoms with Crippen LogP contribution in [-0.2, 0) is 0 Å². The van der Waals surface area contributed by atoms with E-state index in [1.807, 2.05) is 24.3 Å². The van der Waals surface area contributed by atoms with E-state index in [1.165, 1.54) is 6.04 Å². The van der Waals surface area contributed by atoms with Gasteiger partial charge in [0.1, 0.15) is 11.5 Å². The van der Waals surface area contributed by atoms with Crippen LogP contribution in [0.1, 0.15) is 0 Å². The van der Waals surface area contributed by atoms with Gasteiger partial charge in [-0.3, -0.25) is 0 Å². The van der Waals surface area contributed by atoms with E-state index in [1.54, 1.807) is 0 Å². The third-order valence-electron chi connectivity index (χ3n) is 2.50. The van der Waals surface area contributed by atoms with Crippen LogP contribution in [0.25, 0.3) is 0 Å². The maximum Gasteiger partial charge on any atom is 0.594 e. The number of fused-ring (bicyclic) bond motifs is 1. The number of hydrogen-bond donors (Lipinski definition) is 0. The molecule has 1 aromatic rings. The molecule has 80 valence electrons. The van der Waals surface area contributed by atoms with Crippen molar-refractivity contribution in [3.8, 4) is 11.5 Å². The van der Waals surface area contributed by atoms with Crippen molar-refractivity contribution < 1.29 is 9.31 Å². The summed E-state index contributed by atoms with van der Waals surface area (Å²) < 4.78 is 11.4. The van der Waals surface area contributed by atoms with Crippen LogP contribution >= 0.6 is 0 Å². The average Bonchev–Trinajstić information content (AvgIpc) is 2.56.